The summed E-state index contributed by atoms with van der Waals surface area (Å²) in [6, 6.07) is 29.8. The van der Waals surface area contributed by atoms with E-state index in [0.29, 0.717) is 0 Å². The Kier molecular flexibility index (Phi) is 3.57. The highest BCUT2D eigenvalue weighted by Gasteiger charge is 2.60. The first-order valence-corrected chi connectivity index (χ1v) is 8.34. The number of benzene rings is 3. The average molecular weight is 329 g/mol. The number of hydrogen-bond donors (Lipinski definition) is 1. The van der Waals surface area contributed by atoms with Crippen LogP contribution in [0.5, 0.6) is 0 Å². The van der Waals surface area contributed by atoms with E-state index in [9.17, 15) is 4.79 Å². The zero-order chi connectivity index (χ0) is 17.3. The predicted octanol–water partition coefficient (Wildman–Crippen LogP) is 4.59. The Morgan fingerprint density at radius 3 is 1.52 bits per heavy atom. The summed E-state index contributed by atoms with van der Waals surface area (Å²) in [5.74, 6) is 0. The Bertz CT molecular complexity index is 838. The Morgan fingerprint density at radius 2 is 1.08 bits per heavy atom. The molecule has 25 heavy (non-hydrogen) atoms. The minimum absolute atomic E-state index is 0.418. The van der Waals surface area contributed by atoms with Crippen LogP contribution < -0.4 is 5.32 Å². The largest absolute Gasteiger partial charge is 0.430 e. The molecule has 3 heteroatoms. The molecule has 0 bridgehead atoms. The maximum atomic E-state index is 12.5. The van der Waals surface area contributed by atoms with Gasteiger partial charge in [-0.2, -0.15) is 0 Å². The summed E-state index contributed by atoms with van der Waals surface area (Å²) in [6.07, 6.45) is -0.418. The minimum Gasteiger partial charge on any atom is -0.430 e. The molecular formula is C22H19NO2. The van der Waals surface area contributed by atoms with Crippen molar-refractivity contribution in [3.8, 4) is 0 Å². The van der Waals surface area contributed by atoms with E-state index in [-0.39, 0.29) is 0 Å². The van der Waals surface area contributed by atoms with Crippen molar-refractivity contribution in [3.63, 3.8) is 0 Å². The van der Waals surface area contributed by atoms with E-state index in [1.165, 1.54) is 0 Å². The van der Waals surface area contributed by atoms with E-state index in [2.05, 4.69) is 5.32 Å². The lowest BCUT2D eigenvalue weighted by molar-refractivity contribution is 0.0363. The third-order valence-corrected chi connectivity index (χ3v) is 5.01. The number of amides is 1. The lowest BCUT2D eigenvalue weighted by Crippen LogP contribution is -2.50. The van der Waals surface area contributed by atoms with Crippen LogP contribution in [0, 0.1) is 0 Å². The SMILES string of the molecule is CC1(c2ccccc2)NC(=O)OC1(c1ccccc1)c1ccccc1. The van der Waals surface area contributed by atoms with Gasteiger partial charge in [0.15, 0.2) is 5.60 Å². The van der Waals surface area contributed by atoms with E-state index in [1.807, 2.05) is 97.9 Å². The summed E-state index contributed by atoms with van der Waals surface area (Å²) >= 11 is 0. The zero-order valence-corrected chi connectivity index (χ0v) is 14.0. The fourth-order valence-corrected chi connectivity index (χ4v) is 3.81. The summed E-state index contributed by atoms with van der Waals surface area (Å²) in [5, 5.41) is 3.07. The highest BCUT2D eigenvalue weighted by Crippen LogP contribution is 2.51. The van der Waals surface area contributed by atoms with Gasteiger partial charge in [-0.25, -0.2) is 4.79 Å². The van der Waals surface area contributed by atoms with Gasteiger partial charge in [-0.15, -0.1) is 0 Å². The van der Waals surface area contributed by atoms with E-state index < -0.39 is 17.2 Å². The molecule has 0 aliphatic carbocycles. The van der Waals surface area contributed by atoms with Crippen LogP contribution in [-0.4, -0.2) is 6.09 Å². The number of hydrogen-bond acceptors (Lipinski definition) is 2. The second kappa shape index (κ2) is 5.78. The van der Waals surface area contributed by atoms with Crippen LogP contribution >= 0.6 is 0 Å². The maximum absolute atomic E-state index is 12.5. The average Bonchev–Trinajstić information content (AvgIpc) is 2.96. The van der Waals surface area contributed by atoms with Gasteiger partial charge in [0.1, 0.15) is 5.54 Å². The molecule has 0 aromatic heterocycles. The molecule has 3 nitrogen and oxygen atoms in total. The summed E-state index contributed by atoms with van der Waals surface area (Å²) in [4.78, 5) is 12.5. The number of carbonyl (C=O) groups excluding carboxylic acids is 1. The molecule has 124 valence electrons. The monoisotopic (exact) mass is 329 g/mol. The molecule has 3 aromatic carbocycles. The number of rotatable bonds is 3. The summed E-state index contributed by atoms with van der Waals surface area (Å²) in [7, 11) is 0. The Balaban J connectivity index is 2.04. The standard InChI is InChI=1S/C22H19NO2/c1-21(17-11-5-2-6-12-17)22(25-20(24)23-21,18-13-7-3-8-14-18)19-15-9-4-10-16-19/h2-16H,1H3,(H,23,24). The van der Waals surface area contributed by atoms with Crippen LogP contribution in [0.4, 0.5) is 4.79 Å². The summed E-state index contributed by atoms with van der Waals surface area (Å²) < 4.78 is 6.04. The molecule has 1 heterocycles. The van der Waals surface area contributed by atoms with Crippen molar-refractivity contribution in [1.82, 2.24) is 5.32 Å². The fraction of sp³-hybridized carbons (Fsp3) is 0.136. The number of cyclic esters (lactones) is 1. The van der Waals surface area contributed by atoms with Gasteiger partial charge >= 0.3 is 6.09 Å². The van der Waals surface area contributed by atoms with E-state index in [1.54, 1.807) is 0 Å². The Hall–Kier alpha value is -3.07. The molecule has 1 unspecified atom stereocenters. The van der Waals surface area contributed by atoms with Crippen molar-refractivity contribution in [2.75, 3.05) is 0 Å². The number of carbonyl (C=O) groups is 1. The molecule has 1 fully saturated rings. The van der Waals surface area contributed by atoms with Gasteiger partial charge in [-0.05, 0) is 12.5 Å². The van der Waals surface area contributed by atoms with Crippen LogP contribution in [0.15, 0.2) is 91.0 Å². The Morgan fingerprint density at radius 1 is 0.680 bits per heavy atom. The van der Waals surface area contributed by atoms with Crippen molar-refractivity contribution in [2.24, 2.45) is 0 Å². The van der Waals surface area contributed by atoms with Crippen molar-refractivity contribution >= 4 is 6.09 Å². The lowest BCUT2D eigenvalue weighted by atomic mass is 9.69. The Labute approximate surface area is 147 Å². The van der Waals surface area contributed by atoms with Crippen molar-refractivity contribution < 1.29 is 9.53 Å². The number of ether oxygens (including phenoxy) is 1. The zero-order valence-electron chi connectivity index (χ0n) is 14.0. The van der Waals surface area contributed by atoms with Crippen LogP contribution in [0.1, 0.15) is 23.6 Å². The minimum atomic E-state index is -0.950. The van der Waals surface area contributed by atoms with Gasteiger partial charge in [0.25, 0.3) is 0 Å². The molecule has 4 rings (SSSR count). The fourth-order valence-electron chi connectivity index (χ4n) is 3.81. The first-order chi connectivity index (χ1) is 12.2. The molecule has 1 atom stereocenters. The van der Waals surface area contributed by atoms with Crippen molar-refractivity contribution in [2.45, 2.75) is 18.1 Å². The van der Waals surface area contributed by atoms with Crippen LogP contribution in [0.25, 0.3) is 0 Å². The second-order valence-corrected chi connectivity index (χ2v) is 6.42. The lowest BCUT2D eigenvalue weighted by Gasteiger charge is -2.41. The van der Waals surface area contributed by atoms with Crippen LogP contribution in [-0.2, 0) is 15.9 Å². The molecule has 1 saturated heterocycles. The topological polar surface area (TPSA) is 38.3 Å². The molecule has 1 amide bonds. The van der Waals surface area contributed by atoms with Gasteiger partial charge in [-0.3, -0.25) is 0 Å². The molecule has 0 radical (unpaired) electrons. The smallest absolute Gasteiger partial charge is 0.409 e. The highest BCUT2D eigenvalue weighted by atomic mass is 16.6. The first-order valence-electron chi connectivity index (χ1n) is 8.34. The highest BCUT2D eigenvalue weighted by molar-refractivity contribution is 5.75. The third-order valence-electron chi connectivity index (χ3n) is 5.01. The quantitative estimate of drug-likeness (QED) is 0.763. The third kappa shape index (κ3) is 2.23. The van der Waals surface area contributed by atoms with Gasteiger partial charge in [0.2, 0.25) is 0 Å². The van der Waals surface area contributed by atoms with Gasteiger partial charge < -0.3 is 10.1 Å². The first kappa shape index (κ1) is 15.5. The van der Waals surface area contributed by atoms with Crippen molar-refractivity contribution in [3.05, 3.63) is 108 Å². The molecule has 0 spiro atoms. The molecule has 1 aliphatic rings. The van der Waals surface area contributed by atoms with Gasteiger partial charge in [0.05, 0.1) is 0 Å². The number of alkyl carbamates (subject to hydrolysis) is 1. The summed E-state index contributed by atoms with van der Waals surface area (Å²) in [6.45, 7) is 2.02. The second-order valence-electron chi connectivity index (χ2n) is 6.42. The molecule has 0 saturated carbocycles. The van der Waals surface area contributed by atoms with E-state index in [4.69, 9.17) is 4.74 Å². The predicted molar refractivity (Wildman–Crippen MR) is 97.1 cm³/mol. The molecule has 1 aliphatic heterocycles. The van der Waals surface area contributed by atoms with Gasteiger partial charge in [0, 0.05) is 11.1 Å². The van der Waals surface area contributed by atoms with Crippen LogP contribution in [0.3, 0.4) is 0 Å². The number of nitrogens with one attached hydrogen (secondary N) is 1. The molecular weight excluding hydrogens is 310 g/mol. The van der Waals surface area contributed by atoms with E-state index >= 15 is 0 Å². The summed E-state index contributed by atoms with van der Waals surface area (Å²) in [5.41, 5.74) is 1.17. The van der Waals surface area contributed by atoms with Gasteiger partial charge in [-0.1, -0.05) is 91.0 Å². The molecule has 3 aromatic rings. The van der Waals surface area contributed by atoms with E-state index in [0.717, 1.165) is 16.7 Å². The maximum Gasteiger partial charge on any atom is 0.409 e. The van der Waals surface area contributed by atoms with Crippen LogP contribution in [0.2, 0.25) is 0 Å². The normalized spacial score (nSPS) is 21.4. The molecule has 1 N–H and O–H groups in total. The van der Waals surface area contributed by atoms with Crippen molar-refractivity contribution in [1.29, 1.82) is 0 Å².